The van der Waals surface area contributed by atoms with E-state index in [9.17, 15) is 13.2 Å². The molecular weight excluding hydrogens is 520 g/mol. The van der Waals surface area contributed by atoms with Crippen LogP contribution in [-0.2, 0) is 25.0 Å². The Hall–Kier alpha value is -4.28. The second kappa shape index (κ2) is 12.1. The van der Waals surface area contributed by atoms with Crippen molar-refractivity contribution in [2.24, 2.45) is 0 Å². The van der Waals surface area contributed by atoms with Gasteiger partial charge in [0.2, 0.25) is 11.8 Å². The van der Waals surface area contributed by atoms with E-state index < -0.39 is 33.1 Å². The molecule has 0 fully saturated rings. The molecule has 39 heavy (non-hydrogen) atoms. The van der Waals surface area contributed by atoms with Gasteiger partial charge in [0.15, 0.2) is 27.3 Å². The Labute approximate surface area is 227 Å². The van der Waals surface area contributed by atoms with Crippen molar-refractivity contribution in [2.45, 2.75) is 16.6 Å². The summed E-state index contributed by atoms with van der Waals surface area (Å²) in [5.41, 5.74) is -0.459. The molecule has 0 saturated carbocycles. The predicted octanol–water partition coefficient (Wildman–Crippen LogP) is 3.87. The third kappa shape index (κ3) is 5.92. The highest BCUT2D eigenvalue weighted by molar-refractivity contribution is 7.92. The normalized spacial score (nSPS) is 12.4. The molecule has 0 saturated heterocycles. The monoisotopic (exact) mass is 548 g/mol. The van der Waals surface area contributed by atoms with E-state index in [1.165, 1.54) is 39.5 Å². The number of hydrogen-bond donors (Lipinski definition) is 0. The fraction of sp³-hybridized carbons (Fsp3) is 0.207. The number of ether oxygens (including phenoxy) is 4. The number of nitrogens with zero attached hydrogens (tertiary/aromatic N) is 2. The number of ketones is 1. The maximum absolute atomic E-state index is 14.1. The number of hydrogen-bond acceptors (Lipinski definition) is 9. The molecule has 4 aromatic rings. The summed E-state index contributed by atoms with van der Waals surface area (Å²) < 4.78 is 49.4. The summed E-state index contributed by atoms with van der Waals surface area (Å²) in [4.78, 5) is 22.5. The van der Waals surface area contributed by atoms with Gasteiger partial charge in [0.1, 0.15) is 5.75 Å². The zero-order chi connectivity index (χ0) is 27.9. The second-order valence-corrected chi connectivity index (χ2v) is 10.4. The summed E-state index contributed by atoms with van der Waals surface area (Å²) in [7, 11) is 0.224. The van der Waals surface area contributed by atoms with Gasteiger partial charge >= 0.3 is 6.01 Å². The van der Waals surface area contributed by atoms with Crippen LogP contribution in [0.3, 0.4) is 0 Å². The van der Waals surface area contributed by atoms with Crippen molar-refractivity contribution in [1.82, 2.24) is 9.97 Å². The van der Waals surface area contributed by atoms with Crippen LogP contribution < -0.4 is 14.2 Å². The number of Topliss-reactive ketones (excluding diaryl/α,β-unsaturated/α-hetero) is 1. The van der Waals surface area contributed by atoms with Gasteiger partial charge in [-0.1, -0.05) is 78.9 Å². The lowest BCUT2D eigenvalue weighted by Crippen LogP contribution is -2.52. The van der Waals surface area contributed by atoms with Gasteiger partial charge in [-0.15, -0.1) is 0 Å². The highest BCUT2D eigenvalue weighted by atomic mass is 32.2. The maximum atomic E-state index is 14.1. The van der Waals surface area contributed by atoms with Gasteiger partial charge in [0.05, 0.1) is 25.2 Å². The van der Waals surface area contributed by atoms with Crippen LogP contribution in [0.5, 0.6) is 17.8 Å². The van der Waals surface area contributed by atoms with Crippen LogP contribution in [0.4, 0.5) is 0 Å². The van der Waals surface area contributed by atoms with E-state index in [2.05, 4.69) is 9.97 Å². The molecule has 0 aliphatic heterocycles. The number of benzene rings is 3. The highest BCUT2D eigenvalue weighted by Crippen LogP contribution is 2.39. The molecule has 1 heterocycles. The topological polar surface area (TPSA) is 114 Å². The van der Waals surface area contributed by atoms with Gasteiger partial charge in [-0.2, -0.15) is 9.97 Å². The molecule has 0 radical (unpaired) electrons. The van der Waals surface area contributed by atoms with Crippen molar-refractivity contribution >= 4 is 15.6 Å². The first-order valence-electron chi connectivity index (χ1n) is 11.9. The average molecular weight is 549 g/mol. The third-order valence-corrected chi connectivity index (χ3v) is 7.78. The Balaban J connectivity index is 1.91. The Morgan fingerprint density at radius 3 is 1.67 bits per heavy atom. The first kappa shape index (κ1) is 27.7. The lowest BCUT2D eigenvalue weighted by atomic mass is 9.79. The SMILES string of the molecule is COc1cc(OC)nc(OC(C(=O)CS(=O)(=O)c2ccccc2)C(OC)(c2ccccc2)c2ccccc2)n1. The third-order valence-electron chi connectivity index (χ3n) is 6.12. The van der Waals surface area contributed by atoms with E-state index >= 15 is 0 Å². The molecular formula is C29H28N2O7S. The summed E-state index contributed by atoms with van der Waals surface area (Å²) in [6, 6.07) is 26.9. The number of methoxy groups -OCH3 is 3. The molecule has 0 aliphatic carbocycles. The van der Waals surface area contributed by atoms with Crippen molar-refractivity contribution in [3.63, 3.8) is 0 Å². The van der Waals surface area contributed by atoms with E-state index in [1.54, 1.807) is 66.7 Å². The molecule has 9 nitrogen and oxygen atoms in total. The summed E-state index contributed by atoms with van der Waals surface area (Å²) in [5.74, 6) is -1.36. The minimum absolute atomic E-state index is 0.0128. The zero-order valence-electron chi connectivity index (χ0n) is 21.7. The Kier molecular flexibility index (Phi) is 8.58. The number of carbonyl (C=O) groups excluding carboxylic acids is 1. The van der Waals surface area contributed by atoms with Crippen molar-refractivity contribution in [3.8, 4) is 17.8 Å². The minimum atomic E-state index is -4.03. The molecule has 0 bridgehead atoms. The predicted molar refractivity (Wildman–Crippen MR) is 144 cm³/mol. The van der Waals surface area contributed by atoms with Crippen molar-refractivity contribution < 1.29 is 32.2 Å². The van der Waals surface area contributed by atoms with E-state index in [4.69, 9.17) is 18.9 Å². The van der Waals surface area contributed by atoms with Crippen molar-refractivity contribution in [3.05, 3.63) is 108 Å². The second-order valence-electron chi connectivity index (χ2n) is 8.44. The van der Waals surface area contributed by atoms with E-state index in [1.807, 2.05) is 12.1 Å². The summed E-state index contributed by atoms with van der Waals surface area (Å²) in [5, 5.41) is 0. The first-order valence-corrected chi connectivity index (χ1v) is 13.6. The van der Waals surface area contributed by atoms with E-state index in [-0.39, 0.29) is 22.7 Å². The van der Waals surface area contributed by atoms with Gasteiger partial charge in [-0.05, 0) is 23.3 Å². The molecule has 202 valence electrons. The van der Waals surface area contributed by atoms with Gasteiger partial charge in [-0.25, -0.2) is 8.42 Å². The molecule has 1 unspecified atom stereocenters. The van der Waals surface area contributed by atoms with Crippen LogP contribution >= 0.6 is 0 Å². The standard InChI is InChI=1S/C29H28N2O7S/c1-35-25-19-26(36-2)31-28(30-25)38-27(24(32)20-39(33,34)23-17-11-6-12-18-23)29(37-3,21-13-7-4-8-14-21)22-15-9-5-10-16-22/h4-19,27H,20H2,1-3H3. The maximum Gasteiger partial charge on any atom is 0.323 e. The highest BCUT2D eigenvalue weighted by Gasteiger charge is 2.50. The van der Waals surface area contributed by atoms with Gasteiger partial charge in [-0.3, -0.25) is 4.79 Å². The quantitative estimate of drug-likeness (QED) is 0.260. The largest absolute Gasteiger partial charge is 0.481 e. The summed E-state index contributed by atoms with van der Waals surface area (Å²) in [6.07, 6.45) is -1.54. The fourth-order valence-electron chi connectivity index (χ4n) is 4.28. The summed E-state index contributed by atoms with van der Waals surface area (Å²) in [6.45, 7) is 0. The van der Waals surface area contributed by atoms with Crippen molar-refractivity contribution in [2.75, 3.05) is 27.1 Å². The number of carbonyl (C=O) groups is 1. The van der Waals surface area contributed by atoms with Crippen LogP contribution in [0.2, 0.25) is 0 Å². The Morgan fingerprint density at radius 2 is 1.23 bits per heavy atom. The molecule has 1 atom stereocenters. The lowest BCUT2D eigenvalue weighted by molar-refractivity contribution is -0.138. The Morgan fingerprint density at radius 1 is 0.769 bits per heavy atom. The molecule has 10 heteroatoms. The average Bonchev–Trinajstić information content (AvgIpc) is 2.98. The van der Waals surface area contributed by atoms with Crippen LogP contribution in [0.15, 0.2) is 102 Å². The molecule has 0 amide bonds. The van der Waals surface area contributed by atoms with Crippen molar-refractivity contribution in [1.29, 1.82) is 0 Å². The molecule has 4 rings (SSSR count). The van der Waals surface area contributed by atoms with Crippen LogP contribution in [-0.4, -0.2) is 57.4 Å². The Bertz CT molecular complexity index is 1440. The van der Waals surface area contributed by atoms with Gasteiger partial charge in [0, 0.05) is 7.11 Å². The number of aromatic nitrogens is 2. The van der Waals surface area contributed by atoms with Gasteiger partial charge in [0.25, 0.3) is 0 Å². The lowest BCUT2D eigenvalue weighted by Gasteiger charge is -2.39. The molecule has 3 aromatic carbocycles. The van der Waals surface area contributed by atoms with Crippen LogP contribution in [0.1, 0.15) is 11.1 Å². The van der Waals surface area contributed by atoms with Crippen LogP contribution in [0, 0.1) is 0 Å². The molecule has 0 spiro atoms. The number of rotatable bonds is 12. The van der Waals surface area contributed by atoms with Crippen LogP contribution in [0.25, 0.3) is 0 Å². The summed E-state index contributed by atoms with van der Waals surface area (Å²) >= 11 is 0. The smallest absolute Gasteiger partial charge is 0.323 e. The zero-order valence-corrected chi connectivity index (χ0v) is 22.5. The molecule has 1 aromatic heterocycles. The van der Waals surface area contributed by atoms with E-state index in [0.29, 0.717) is 11.1 Å². The molecule has 0 N–H and O–H groups in total. The first-order chi connectivity index (χ1) is 18.8. The molecule has 0 aliphatic rings. The van der Waals surface area contributed by atoms with Gasteiger partial charge < -0.3 is 18.9 Å². The van der Waals surface area contributed by atoms with E-state index in [0.717, 1.165) is 0 Å². The fourth-order valence-corrected chi connectivity index (χ4v) is 5.55. The number of sulfone groups is 1. The minimum Gasteiger partial charge on any atom is -0.481 e.